The van der Waals surface area contributed by atoms with Crippen LogP contribution >= 0.6 is 0 Å². The standard InChI is InChI=1S/C20H28F3N3O/c21-20(22,23)18-7-5-17(6-8-18)15-25-11-13-26(14-12-25)19(27)16-24-9-3-1-2-4-10-24/h5-8H,1-4,9-16H2. The quantitative estimate of drug-likeness (QED) is 0.799. The van der Waals surface area contributed by atoms with Crippen LogP contribution in [0, 0.1) is 0 Å². The number of likely N-dealkylation sites (tertiary alicyclic amines) is 1. The molecule has 2 aliphatic rings. The molecule has 0 spiro atoms. The molecule has 1 aromatic carbocycles. The number of piperazine rings is 1. The van der Waals surface area contributed by atoms with E-state index in [-0.39, 0.29) is 5.91 Å². The molecule has 2 aliphatic heterocycles. The summed E-state index contributed by atoms with van der Waals surface area (Å²) in [6, 6.07) is 5.35. The van der Waals surface area contributed by atoms with Crippen molar-refractivity contribution in [2.24, 2.45) is 0 Å². The van der Waals surface area contributed by atoms with E-state index >= 15 is 0 Å². The second-order valence-corrected chi connectivity index (χ2v) is 7.54. The molecule has 0 aliphatic carbocycles. The molecule has 2 fully saturated rings. The third kappa shape index (κ3) is 5.94. The molecule has 0 aromatic heterocycles. The molecule has 3 rings (SSSR count). The summed E-state index contributed by atoms with van der Waals surface area (Å²) >= 11 is 0. The Kier molecular flexibility index (Phi) is 6.76. The van der Waals surface area contributed by atoms with Crippen molar-refractivity contribution in [3.05, 3.63) is 35.4 Å². The molecule has 0 saturated carbocycles. The zero-order chi connectivity index (χ0) is 19.3. The molecule has 2 heterocycles. The summed E-state index contributed by atoms with van der Waals surface area (Å²) < 4.78 is 37.9. The van der Waals surface area contributed by atoms with E-state index in [9.17, 15) is 18.0 Å². The van der Waals surface area contributed by atoms with Gasteiger partial charge in [-0.05, 0) is 43.6 Å². The lowest BCUT2D eigenvalue weighted by atomic mass is 10.1. The Morgan fingerprint density at radius 2 is 1.41 bits per heavy atom. The van der Waals surface area contributed by atoms with Crippen molar-refractivity contribution in [3.63, 3.8) is 0 Å². The highest BCUT2D eigenvalue weighted by Crippen LogP contribution is 2.29. The Bertz CT molecular complexity index is 602. The lowest BCUT2D eigenvalue weighted by Gasteiger charge is -2.35. The van der Waals surface area contributed by atoms with Gasteiger partial charge in [0.1, 0.15) is 0 Å². The molecule has 1 aromatic rings. The summed E-state index contributed by atoms with van der Waals surface area (Å²) in [6.07, 6.45) is 0.570. The largest absolute Gasteiger partial charge is 0.416 e. The molecule has 0 unspecified atom stereocenters. The molecule has 1 amide bonds. The van der Waals surface area contributed by atoms with E-state index in [2.05, 4.69) is 9.80 Å². The van der Waals surface area contributed by atoms with Crippen LogP contribution in [0.2, 0.25) is 0 Å². The fourth-order valence-corrected chi connectivity index (χ4v) is 3.80. The number of hydrogen-bond donors (Lipinski definition) is 0. The Morgan fingerprint density at radius 3 is 1.96 bits per heavy atom. The summed E-state index contributed by atoms with van der Waals surface area (Å²) in [6.45, 7) is 6.05. The van der Waals surface area contributed by atoms with E-state index in [1.54, 1.807) is 12.1 Å². The van der Waals surface area contributed by atoms with Gasteiger partial charge in [-0.2, -0.15) is 13.2 Å². The Labute approximate surface area is 158 Å². The first-order valence-electron chi connectivity index (χ1n) is 9.80. The van der Waals surface area contributed by atoms with Crippen LogP contribution in [0.15, 0.2) is 24.3 Å². The maximum atomic E-state index is 12.6. The van der Waals surface area contributed by atoms with Gasteiger partial charge in [0.2, 0.25) is 5.91 Å². The summed E-state index contributed by atoms with van der Waals surface area (Å²) in [5.41, 5.74) is 0.252. The smallest absolute Gasteiger partial charge is 0.339 e. The van der Waals surface area contributed by atoms with Gasteiger partial charge in [-0.1, -0.05) is 25.0 Å². The van der Waals surface area contributed by atoms with Gasteiger partial charge in [-0.3, -0.25) is 14.6 Å². The average Bonchev–Trinajstić information content (AvgIpc) is 2.91. The first-order valence-corrected chi connectivity index (χ1v) is 9.80. The first-order chi connectivity index (χ1) is 12.9. The third-order valence-electron chi connectivity index (χ3n) is 5.47. The van der Waals surface area contributed by atoms with Crippen LogP contribution in [0.4, 0.5) is 13.2 Å². The van der Waals surface area contributed by atoms with Crippen molar-refractivity contribution in [1.82, 2.24) is 14.7 Å². The first kappa shape index (κ1) is 20.1. The minimum Gasteiger partial charge on any atom is -0.339 e. The highest BCUT2D eigenvalue weighted by Gasteiger charge is 2.30. The van der Waals surface area contributed by atoms with Crippen LogP contribution in [0.1, 0.15) is 36.8 Å². The zero-order valence-corrected chi connectivity index (χ0v) is 15.7. The van der Waals surface area contributed by atoms with Crippen LogP contribution in [-0.4, -0.2) is 66.4 Å². The molecule has 150 valence electrons. The van der Waals surface area contributed by atoms with Crippen LogP contribution in [0.3, 0.4) is 0 Å². The van der Waals surface area contributed by atoms with Gasteiger partial charge < -0.3 is 4.90 Å². The van der Waals surface area contributed by atoms with E-state index < -0.39 is 11.7 Å². The molecule has 0 N–H and O–H groups in total. The molecule has 0 atom stereocenters. The average molecular weight is 383 g/mol. The molecule has 7 heteroatoms. The van der Waals surface area contributed by atoms with Crippen molar-refractivity contribution >= 4 is 5.91 Å². The lowest BCUT2D eigenvalue weighted by Crippen LogP contribution is -2.51. The Morgan fingerprint density at radius 1 is 0.815 bits per heavy atom. The molecular weight excluding hydrogens is 355 g/mol. The fourth-order valence-electron chi connectivity index (χ4n) is 3.80. The van der Waals surface area contributed by atoms with Gasteiger partial charge in [-0.15, -0.1) is 0 Å². The number of alkyl halides is 3. The van der Waals surface area contributed by atoms with Crippen molar-refractivity contribution in [2.75, 3.05) is 45.8 Å². The number of carbonyl (C=O) groups is 1. The number of carbonyl (C=O) groups excluding carboxylic acids is 1. The number of rotatable bonds is 4. The van der Waals surface area contributed by atoms with E-state index in [1.807, 2.05) is 4.90 Å². The predicted molar refractivity (Wildman–Crippen MR) is 98.2 cm³/mol. The van der Waals surface area contributed by atoms with Crippen molar-refractivity contribution in [3.8, 4) is 0 Å². The van der Waals surface area contributed by atoms with Crippen molar-refractivity contribution < 1.29 is 18.0 Å². The fraction of sp³-hybridized carbons (Fsp3) is 0.650. The SMILES string of the molecule is O=C(CN1CCCCCC1)N1CCN(Cc2ccc(C(F)(F)F)cc2)CC1. The third-order valence-corrected chi connectivity index (χ3v) is 5.47. The van der Waals surface area contributed by atoms with E-state index in [0.29, 0.717) is 26.2 Å². The zero-order valence-electron chi connectivity index (χ0n) is 15.7. The monoisotopic (exact) mass is 383 g/mol. The number of nitrogens with zero attached hydrogens (tertiary/aromatic N) is 3. The predicted octanol–water partition coefficient (Wildman–Crippen LogP) is 3.23. The normalized spacial score (nSPS) is 20.5. The van der Waals surface area contributed by atoms with Gasteiger partial charge in [0.05, 0.1) is 12.1 Å². The van der Waals surface area contributed by atoms with Gasteiger partial charge in [-0.25, -0.2) is 0 Å². The number of halogens is 3. The van der Waals surface area contributed by atoms with Crippen LogP contribution < -0.4 is 0 Å². The van der Waals surface area contributed by atoms with Crippen molar-refractivity contribution in [2.45, 2.75) is 38.4 Å². The van der Waals surface area contributed by atoms with Crippen LogP contribution in [0.5, 0.6) is 0 Å². The van der Waals surface area contributed by atoms with Crippen LogP contribution in [-0.2, 0) is 17.5 Å². The number of hydrogen-bond acceptors (Lipinski definition) is 3. The van der Waals surface area contributed by atoms with E-state index in [1.165, 1.54) is 25.7 Å². The second kappa shape index (κ2) is 9.06. The van der Waals surface area contributed by atoms with Gasteiger partial charge in [0.15, 0.2) is 0 Å². The van der Waals surface area contributed by atoms with Gasteiger partial charge in [0.25, 0.3) is 0 Å². The van der Waals surface area contributed by atoms with Crippen molar-refractivity contribution in [1.29, 1.82) is 0 Å². The molecule has 2 saturated heterocycles. The highest BCUT2D eigenvalue weighted by molar-refractivity contribution is 5.78. The van der Waals surface area contributed by atoms with Crippen LogP contribution in [0.25, 0.3) is 0 Å². The Balaban J connectivity index is 1.43. The maximum Gasteiger partial charge on any atom is 0.416 e. The second-order valence-electron chi connectivity index (χ2n) is 7.54. The van der Waals surface area contributed by atoms with E-state index in [0.717, 1.165) is 43.9 Å². The minimum atomic E-state index is -4.29. The number of amides is 1. The lowest BCUT2D eigenvalue weighted by molar-refractivity contribution is -0.137. The molecule has 27 heavy (non-hydrogen) atoms. The molecule has 0 bridgehead atoms. The van der Waals surface area contributed by atoms with Gasteiger partial charge >= 0.3 is 6.18 Å². The van der Waals surface area contributed by atoms with E-state index in [4.69, 9.17) is 0 Å². The maximum absolute atomic E-state index is 12.6. The summed E-state index contributed by atoms with van der Waals surface area (Å²) in [4.78, 5) is 18.9. The number of benzene rings is 1. The Hall–Kier alpha value is -1.60. The molecule has 0 radical (unpaired) electrons. The minimum absolute atomic E-state index is 0.200. The summed E-state index contributed by atoms with van der Waals surface area (Å²) in [7, 11) is 0. The highest BCUT2D eigenvalue weighted by atomic mass is 19.4. The topological polar surface area (TPSA) is 26.8 Å². The summed E-state index contributed by atoms with van der Waals surface area (Å²) in [5, 5.41) is 0. The molecular formula is C20H28F3N3O. The van der Waals surface area contributed by atoms with Gasteiger partial charge in [0, 0.05) is 32.7 Å². The molecule has 4 nitrogen and oxygen atoms in total. The summed E-state index contributed by atoms with van der Waals surface area (Å²) in [5.74, 6) is 0.200.